The predicted molar refractivity (Wildman–Crippen MR) is 75.8 cm³/mol. The molecule has 0 bridgehead atoms. The highest BCUT2D eigenvalue weighted by Crippen LogP contribution is 2.19. The molecule has 1 heterocycles. The van der Waals surface area contributed by atoms with Crippen LogP contribution in [-0.4, -0.2) is 21.1 Å². The van der Waals surface area contributed by atoms with Gasteiger partial charge < -0.3 is 10.4 Å². The summed E-state index contributed by atoms with van der Waals surface area (Å²) < 4.78 is 0. The molecule has 0 aliphatic heterocycles. The summed E-state index contributed by atoms with van der Waals surface area (Å²) in [5.41, 5.74) is 2.83. The topological polar surface area (TPSA) is 58.0 Å². The molecule has 0 amide bonds. The van der Waals surface area contributed by atoms with E-state index in [-0.39, 0.29) is 5.75 Å². The monoisotopic (exact) mass is 257 g/mol. The van der Waals surface area contributed by atoms with Crippen LogP contribution in [-0.2, 0) is 6.54 Å². The normalized spacial score (nSPS) is 10.9. The lowest BCUT2D eigenvalue weighted by molar-refractivity contribution is 0.475. The summed E-state index contributed by atoms with van der Waals surface area (Å²) in [6, 6.07) is 9.35. The molecule has 19 heavy (non-hydrogen) atoms. The predicted octanol–water partition coefficient (Wildman–Crippen LogP) is 2.66. The van der Waals surface area contributed by atoms with E-state index in [1.165, 1.54) is 0 Å². The molecule has 0 spiro atoms. The Morgan fingerprint density at radius 1 is 1.16 bits per heavy atom. The summed E-state index contributed by atoms with van der Waals surface area (Å²) in [4.78, 5) is 8.99. The van der Waals surface area contributed by atoms with Crippen molar-refractivity contribution in [3.63, 3.8) is 0 Å². The van der Waals surface area contributed by atoms with Gasteiger partial charge in [0, 0.05) is 23.8 Å². The summed E-state index contributed by atoms with van der Waals surface area (Å²) in [6.07, 6.45) is 0. The minimum absolute atomic E-state index is 0.248. The third-order valence-electron chi connectivity index (χ3n) is 2.72. The van der Waals surface area contributed by atoms with Gasteiger partial charge >= 0.3 is 0 Å². The third kappa shape index (κ3) is 3.76. The number of hydrogen-bond donors (Lipinski definition) is 2. The molecule has 2 rings (SSSR count). The van der Waals surface area contributed by atoms with Gasteiger partial charge in [-0.25, -0.2) is 9.97 Å². The molecule has 0 saturated heterocycles. The Balaban J connectivity index is 2.28. The second-order valence-electron chi connectivity index (χ2n) is 4.91. The Labute approximate surface area is 113 Å². The van der Waals surface area contributed by atoms with Gasteiger partial charge in [-0.15, -0.1) is 0 Å². The Bertz CT molecular complexity index is 550. The van der Waals surface area contributed by atoms with E-state index in [1.807, 2.05) is 25.1 Å². The van der Waals surface area contributed by atoms with Crippen LogP contribution in [0.15, 0.2) is 30.3 Å². The fourth-order valence-electron chi connectivity index (χ4n) is 1.77. The lowest BCUT2D eigenvalue weighted by Gasteiger charge is -2.09. The van der Waals surface area contributed by atoms with Gasteiger partial charge in [0.05, 0.1) is 5.69 Å². The first-order chi connectivity index (χ1) is 9.04. The van der Waals surface area contributed by atoms with Gasteiger partial charge in [-0.1, -0.05) is 13.8 Å². The molecule has 0 unspecified atom stereocenters. The number of rotatable bonds is 4. The molecule has 4 nitrogen and oxygen atoms in total. The maximum absolute atomic E-state index is 9.31. The molecule has 2 aromatic rings. The van der Waals surface area contributed by atoms with E-state index >= 15 is 0 Å². The fraction of sp³-hybridized carbons (Fsp3) is 0.333. The minimum atomic E-state index is 0.248. The smallest absolute Gasteiger partial charge is 0.159 e. The van der Waals surface area contributed by atoms with Gasteiger partial charge in [0.1, 0.15) is 5.75 Å². The van der Waals surface area contributed by atoms with Crippen LogP contribution in [0.25, 0.3) is 11.4 Å². The van der Waals surface area contributed by atoms with Crippen molar-refractivity contribution >= 4 is 0 Å². The van der Waals surface area contributed by atoms with Crippen LogP contribution in [0.1, 0.15) is 25.2 Å². The highest BCUT2D eigenvalue weighted by Gasteiger charge is 2.05. The number of nitrogens with zero attached hydrogens (tertiary/aromatic N) is 2. The van der Waals surface area contributed by atoms with Crippen molar-refractivity contribution in [2.24, 2.45) is 0 Å². The van der Waals surface area contributed by atoms with E-state index in [4.69, 9.17) is 0 Å². The van der Waals surface area contributed by atoms with Crippen LogP contribution in [0.2, 0.25) is 0 Å². The Kier molecular flexibility index (Phi) is 4.12. The van der Waals surface area contributed by atoms with Crippen LogP contribution < -0.4 is 5.32 Å². The standard InChI is InChI=1S/C15H19N3O/c1-10(2)16-9-13-8-11(3)17-15(18-13)12-4-6-14(19)7-5-12/h4-8,10,16,19H,9H2,1-3H3. The highest BCUT2D eigenvalue weighted by atomic mass is 16.3. The molecule has 100 valence electrons. The van der Waals surface area contributed by atoms with Gasteiger partial charge in [-0.2, -0.15) is 0 Å². The van der Waals surface area contributed by atoms with E-state index < -0.39 is 0 Å². The van der Waals surface area contributed by atoms with Crippen molar-refractivity contribution in [2.75, 3.05) is 0 Å². The van der Waals surface area contributed by atoms with Crippen LogP contribution in [0.4, 0.5) is 0 Å². The summed E-state index contributed by atoms with van der Waals surface area (Å²) in [6.45, 7) is 6.90. The Hall–Kier alpha value is -1.94. The zero-order valence-electron chi connectivity index (χ0n) is 11.5. The number of aromatic hydroxyl groups is 1. The molecular weight excluding hydrogens is 238 g/mol. The summed E-state index contributed by atoms with van der Waals surface area (Å²) in [5, 5.41) is 12.7. The lowest BCUT2D eigenvalue weighted by atomic mass is 10.2. The maximum atomic E-state index is 9.31. The third-order valence-corrected chi connectivity index (χ3v) is 2.72. The van der Waals surface area contributed by atoms with Crippen LogP contribution >= 0.6 is 0 Å². The Morgan fingerprint density at radius 3 is 2.47 bits per heavy atom. The quantitative estimate of drug-likeness (QED) is 0.884. The van der Waals surface area contributed by atoms with Crippen molar-refractivity contribution in [3.8, 4) is 17.1 Å². The van der Waals surface area contributed by atoms with Crippen molar-refractivity contribution in [1.82, 2.24) is 15.3 Å². The van der Waals surface area contributed by atoms with Gasteiger partial charge in [0.25, 0.3) is 0 Å². The molecule has 0 aliphatic carbocycles. The summed E-state index contributed by atoms with van der Waals surface area (Å²) in [7, 11) is 0. The number of nitrogens with one attached hydrogen (secondary N) is 1. The largest absolute Gasteiger partial charge is 0.508 e. The van der Waals surface area contributed by atoms with Crippen LogP contribution in [0.3, 0.4) is 0 Å². The van der Waals surface area contributed by atoms with Crippen molar-refractivity contribution < 1.29 is 5.11 Å². The van der Waals surface area contributed by atoms with E-state index in [1.54, 1.807) is 12.1 Å². The van der Waals surface area contributed by atoms with Crippen molar-refractivity contribution in [1.29, 1.82) is 0 Å². The van der Waals surface area contributed by atoms with E-state index in [0.717, 1.165) is 23.5 Å². The number of phenolic OH excluding ortho intramolecular Hbond substituents is 1. The maximum Gasteiger partial charge on any atom is 0.159 e. The van der Waals surface area contributed by atoms with Gasteiger partial charge in [0.2, 0.25) is 0 Å². The highest BCUT2D eigenvalue weighted by molar-refractivity contribution is 5.56. The number of aromatic nitrogens is 2. The average Bonchev–Trinajstić information content (AvgIpc) is 2.36. The molecule has 0 aliphatic rings. The molecule has 1 aromatic heterocycles. The molecule has 0 radical (unpaired) electrons. The number of benzene rings is 1. The van der Waals surface area contributed by atoms with Crippen LogP contribution in [0, 0.1) is 6.92 Å². The summed E-state index contributed by atoms with van der Waals surface area (Å²) >= 11 is 0. The second kappa shape index (κ2) is 5.80. The molecular formula is C15H19N3O. The van der Waals surface area contributed by atoms with Crippen molar-refractivity contribution in [2.45, 2.75) is 33.4 Å². The molecule has 0 fully saturated rings. The number of phenols is 1. The van der Waals surface area contributed by atoms with Gasteiger partial charge in [-0.05, 0) is 37.3 Å². The fourth-order valence-corrected chi connectivity index (χ4v) is 1.77. The van der Waals surface area contributed by atoms with Crippen molar-refractivity contribution in [3.05, 3.63) is 41.7 Å². The summed E-state index contributed by atoms with van der Waals surface area (Å²) in [5.74, 6) is 0.943. The first-order valence-corrected chi connectivity index (χ1v) is 6.42. The second-order valence-corrected chi connectivity index (χ2v) is 4.91. The molecule has 4 heteroatoms. The molecule has 1 aromatic carbocycles. The van der Waals surface area contributed by atoms with Gasteiger partial charge in [0.15, 0.2) is 5.82 Å². The lowest BCUT2D eigenvalue weighted by Crippen LogP contribution is -2.22. The van der Waals surface area contributed by atoms with E-state index in [2.05, 4.69) is 29.1 Å². The average molecular weight is 257 g/mol. The van der Waals surface area contributed by atoms with E-state index in [0.29, 0.717) is 11.9 Å². The first-order valence-electron chi connectivity index (χ1n) is 6.42. The zero-order valence-corrected chi connectivity index (χ0v) is 11.5. The minimum Gasteiger partial charge on any atom is -0.508 e. The number of aryl methyl sites for hydroxylation is 1. The van der Waals surface area contributed by atoms with Gasteiger partial charge in [-0.3, -0.25) is 0 Å². The Morgan fingerprint density at radius 2 is 1.84 bits per heavy atom. The first kappa shape index (κ1) is 13.5. The molecule has 0 saturated carbocycles. The number of hydrogen-bond acceptors (Lipinski definition) is 4. The SMILES string of the molecule is Cc1cc(CNC(C)C)nc(-c2ccc(O)cc2)n1. The van der Waals surface area contributed by atoms with Crippen LogP contribution in [0.5, 0.6) is 5.75 Å². The molecule has 2 N–H and O–H groups in total. The molecule has 0 atom stereocenters. The zero-order chi connectivity index (χ0) is 13.8. The van der Waals surface area contributed by atoms with E-state index in [9.17, 15) is 5.11 Å².